The van der Waals surface area contributed by atoms with Crippen molar-refractivity contribution in [1.29, 1.82) is 0 Å². The molecule has 0 radical (unpaired) electrons. The van der Waals surface area contributed by atoms with Crippen LogP contribution in [0.1, 0.15) is 46.5 Å². The Morgan fingerprint density at radius 2 is 1.52 bits per heavy atom. The molecule has 0 unspecified atom stereocenters. The number of piperidine rings is 2. The average Bonchev–Trinajstić information content (AvgIpc) is 3.00. The number of amides is 2. The van der Waals surface area contributed by atoms with E-state index in [0.717, 1.165) is 51.9 Å². The van der Waals surface area contributed by atoms with Crippen molar-refractivity contribution in [2.24, 2.45) is 12.5 Å². The number of aryl methyl sites for hydroxylation is 1. The maximum absolute atomic E-state index is 12.6. The molecule has 3 rings (SSSR count). The lowest BCUT2D eigenvalue weighted by atomic mass is 9.71. The molecule has 0 aromatic carbocycles. The summed E-state index contributed by atoms with van der Waals surface area (Å²) in [6.45, 7) is 8.75. The van der Waals surface area contributed by atoms with E-state index >= 15 is 0 Å². The van der Waals surface area contributed by atoms with E-state index < -0.39 is 5.60 Å². The number of hydrogen-bond acceptors (Lipinski definition) is 3. The van der Waals surface area contributed by atoms with Crippen LogP contribution in [0.2, 0.25) is 0 Å². The third-order valence-electron chi connectivity index (χ3n) is 5.56. The molecule has 1 spiro atoms. The molecule has 3 heterocycles. The van der Waals surface area contributed by atoms with Crippen molar-refractivity contribution < 1.29 is 42.9 Å². The first-order valence-electron chi connectivity index (χ1n) is 9.48. The maximum atomic E-state index is 12.6. The zero-order valence-electron chi connectivity index (χ0n) is 16.8. The number of imidazole rings is 1. The Hall–Kier alpha value is -1.32. The second kappa shape index (κ2) is 8.36. The van der Waals surface area contributed by atoms with E-state index in [1.54, 1.807) is 17.1 Å². The Bertz CT molecular complexity index is 665. The van der Waals surface area contributed by atoms with Crippen LogP contribution in [0.4, 0.5) is 9.59 Å². The molecule has 2 aliphatic heterocycles. The summed E-state index contributed by atoms with van der Waals surface area (Å²) in [7, 11) is 1.91. The average molecular weight is 490 g/mol. The Balaban J connectivity index is 0.00000261. The quantitative estimate of drug-likeness (QED) is 0.361. The Morgan fingerprint density at radius 1 is 1.00 bits per heavy atom. The van der Waals surface area contributed by atoms with Gasteiger partial charge in [0.1, 0.15) is 18.0 Å². The van der Waals surface area contributed by atoms with E-state index in [4.69, 9.17) is 4.74 Å². The zero-order valence-corrected chi connectivity index (χ0v) is 18.9. The topological polar surface area (TPSA) is 58.7 Å². The van der Waals surface area contributed by atoms with Crippen LogP contribution in [0.5, 0.6) is 0 Å². The summed E-state index contributed by atoms with van der Waals surface area (Å²) in [5, 5.41) is 0. The molecule has 0 aliphatic carbocycles. The fourth-order valence-electron chi connectivity index (χ4n) is 3.89. The summed E-state index contributed by atoms with van der Waals surface area (Å²) in [6.07, 6.45) is 9.26. The van der Waals surface area contributed by atoms with Gasteiger partial charge in [0.2, 0.25) is 0 Å². The van der Waals surface area contributed by atoms with Crippen LogP contribution in [0.15, 0.2) is 18.7 Å². The molecule has 27 heavy (non-hydrogen) atoms. The van der Waals surface area contributed by atoms with Crippen molar-refractivity contribution in [2.75, 3.05) is 26.2 Å². The van der Waals surface area contributed by atoms with Crippen LogP contribution in [-0.2, 0) is 11.8 Å². The molecule has 2 aliphatic rings. The zero-order chi connectivity index (χ0) is 18.9. The van der Waals surface area contributed by atoms with Gasteiger partial charge in [-0.25, -0.2) is 14.2 Å². The fraction of sp³-hybridized carbons (Fsp3) is 0.737. The SMILES string of the molecule is C[n+]1ccn(C(=O)N2CCC3(CCN(C(=O)OC(C)(C)C)CC3)CC2)c1.[I-]. The highest BCUT2D eigenvalue weighted by Crippen LogP contribution is 2.41. The lowest BCUT2D eigenvalue weighted by Gasteiger charge is -2.46. The first kappa shape index (κ1) is 22.0. The van der Waals surface area contributed by atoms with Crippen molar-refractivity contribution >= 4 is 12.1 Å². The lowest BCUT2D eigenvalue weighted by Crippen LogP contribution is -3.00. The van der Waals surface area contributed by atoms with Gasteiger partial charge in [-0.05, 0) is 51.9 Å². The molecule has 2 fully saturated rings. The van der Waals surface area contributed by atoms with Gasteiger partial charge < -0.3 is 38.5 Å². The van der Waals surface area contributed by atoms with Gasteiger partial charge >= 0.3 is 12.1 Å². The number of halogens is 1. The van der Waals surface area contributed by atoms with Gasteiger partial charge in [0.05, 0.1) is 7.05 Å². The highest BCUT2D eigenvalue weighted by Gasteiger charge is 2.41. The van der Waals surface area contributed by atoms with Gasteiger partial charge in [0.15, 0.2) is 0 Å². The first-order chi connectivity index (χ1) is 12.2. The number of carbonyl (C=O) groups excluding carboxylic acids is 2. The molecule has 2 saturated heterocycles. The van der Waals surface area contributed by atoms with Gasteiger partial charge in [0, 0.05) is 26.2 Å². The van der Waals surface area contributed by atoms with Crippen molar-refractivity contribution in [3.63, 3.8) is 0 Å². The van der Waals surface area contributed by atoms with Crippen LogP contribution in [0.3, 0.4) is 0 Å². The Labute approximate surface area is 178 Å². The molecule has 0 bridgehead atoms. The van der Waals surface area contributed by atoms with Gasteiger partial charge in [-0.1, -0.05) is 0 Å². The minimum absolute atomic E-state index is 0. The highest BCUT2D eigenvalue weighted by atomic mass is 127. The third-order valence-corrected chi connectivity index (χ3v) is 5.56. The second-order valence-corrected chi connectivity index (χ2v) is 8.72. The second-order valence-electron chi connectivity index (χ2n) is 8.72. The van der Waals surface area contributed by atoms with Gasteiger partial charge in [-0.2, -0.15) is 4.57 Å². The van der Waals surface area contributed by atoms with Crippen LogP contribution in [-0.4, -0.2) is 58.3 Å². The highest BCUT2D eigenvalue weighted by molar-refractivity contribution is 5.76. The minimum Gasteiger partial charge on any atom is -1.00 e. The largest absolute Gasteiger partial charge is 1.00 e. The van der Waals surface area contributed by atoms with E-state index in [0.29, 0.717) is 0 Å². The minimum atomic E-state index is -0.451. The van der Waals surface area contributed by atoms with Gasteiger partial charge in [-0.15, -0.1) is 0 Å². The van der Waals surface area contributed by atoms with Crippen LogP contribution >= 0.6 is 0 Å². The number of ether oxygens (including phenoxy) is 1. The number of hydrogen-bond donors (Lipinski definition) is 0. The summed E-state index contributed by atoms with van der Waals surface area (Å²) >= 11 is 0. The summed E-state index contributed by atoms with van der Waals surface area (Å²) < 4.78 is 8.99. The molecule has 152 valence electrons. The van der Waals surface area contributed by atoms with Crippen molar-refractivity contribution in [3.8, 4) is 0 Å². The van der Waals surface area contributed by atoms with Crippen LogP contribution < -0.4 is 28.5 Å². The monoisotopic (exact) mass is 490 g/mol. The summed E-state index contributed by atoms with van der Waals surface area (Å²) in [6, 6.07) is 0.0478. The molecule has 1 aromatic rings. The summed E-state index contributed by atoms with van der Waals surface area (Å²) in [5.41, 5.74) is -0.191. The van der Waals surface area contributed by atoms with Gasteiger partial charge in [-0.3, -0.25) is 0 Å². The number of carbonyl (C=O) groups is 2. The normalized spacial score (nSPS) is 19.6. The van der Waals surface area contributed by atoms with E-state index in [1.165, 1.54) is 0 Å². The molecule has 0 saturated carbocycles. The van der Waals surface area contributed by atoms with Crippen molar-refractivity contribution in [2.45, 2.75) is 52.1 Å². The Morgan fingerprint density at radius 3 is 1.96 bits per heavy atom. The third kappa shape index (κ3) is 5.36. The van der Waals surface area contributed by atoms with Crippen molar-refractivity contribution in [3.05, 3.63) is 18.7 Å². The summed E-state index contributed by atoms with van der Waals surface area (Å²) in [4.78, 5) is 28.6. The van der Waals surface area contributed by atoms with Gasteiger partial charge in [0.25, 0.3) is 6.33 Å². The first-order valence-corrected chi connectivity index (χ1v) is 9.48. The van der Waals surface area contributed by atoms with E-state index in [9.17, 15) is 9.59 Å². The predicted octanol–water partition coefficient (Wildman–Crippen LogP) is -0.602. The molecule has 0 N–H and O–H groups in total. The number of likely N-dealkylation sites (tertiary alicyclic amines) is 2. The molecular formula is C19H31IN4O3. The number of nitrogens with zero attached hydrogens (tertiary/aromatic N) is 4. The fourth-order valence-corrected chi connectivity index (χ4v) is 3.89. The van der Waals surface area contributed by atoms with Crippen molar-refractivity contribution in [1.82, 2.24) is 14.4 Å². The predicted molar refractivity (Wildman–Crippen MR) is 96.7 cm³/mol. The summed E-state index contributed by atoms with van der Waals surface area (Å²) in [5.74, 6) is 0. The van der Waals surface area contributed by atoms with Crippen LogP contribution in [0.25, 0.3) is 0 Å². The molecule has 7 nitrogen and oxygen atoms in total. The Kier molecular flexibility index (Phi) is 6.81. The molecular weight excluding hydrogens is 459 g/mol. The standard InChI is InChI=1S/C19H31N4O3.HI/c1-18(2,3)26-17(25)22-11-7-19(8-12-22)5-9-21(10-6-19)16(24)23-14-13-20(4)15-23;/h13-15H,5-12H2,1-4H3;1H/q+1;/p-1. The number of rotatable bonds is 0. The van der Waals surface area contributed by atoms with E-state index in [1.807, 2.05) is 48.4 Å². The van der Waals surface area contributed by atoms with E-state index in [2.05, 4.69) is 0 Å². The maximum Gasteiger partial charge on any atom is 0.415 e. The lowest BCUT2D eigenvalue weighted by molar-refractivity contribution is -0.670. The smallest absolute Gasteiger partial charge is 0.415 e. The molecule has 1 aromatic heterocycles. The van der Waals surface area contributed by atoms with E-state index in [-0.39, 0.29) is 41.5 Å². The molecule has 8 heteroatoms. The molecule has 0 atom stereocenters. The molecule has 2 amide bonds. The van der Waals surface area contributed by atoms with Crippen LogP contribution in [0, 0.1) is 5.41 Å². The number of aromatic nitrogens is 2.